The summed E-state index contributed by atoms with van der Waals surface area (Å²) in [6.07, 6.45) is 3.06. The van der Waals surface area contributed by atoms with Gasteiger partial charge in [-0.05, 0) is 41.8 Å². The molecule has 0 fully saturated rings. The van der Waals surface area contributed by atoms with Gasteiger partial charge in [0.25, 0.3) is 5.91 Å². The molecule has 0 radical (unpaired) electrons. The summed E-state index contributed by atoms with van der Waals surface area (Å²) in [4.78, 5) is 13.0. The molecule has 1 amide bonds. The molecule has 1 aromatic carbocycles. The van der Waals surface area contributed by atoms with Crippen LogP contribution in [0.4, 0.5) is 6.01 Å². The molecule has 0 spiro atoms. The Morgan fingerprint density at radius 2 is 2.00 bits per heavy atom. The van der Waals surface area contributed by atoms with Crippen LogP contribution < -0.4 is 5.32 Å². The molecule has 0 aliphatic carbocycles. The molecular weight excluding hydrogens is 374 g/mol. The van der Waals surface area contributed by atoms with Crippen LogP contribution in [-0.4, -0.2) is 30.3 Å². The Kier molecular flexibility index (Phi) is 5.29. The van der Waals surface area contributed by atoms with E-state index in [0.29, 0.717) is 5.56 Å². The van der Waals surface area contributed by atoms with E-state index < -0.39 is 15.7 Å². The number of nitrogens with one attached hydrogen (secondary N) is 1. The Balaban J connectivity index is 1.69. The Morgan fingerprint density at radius 3 is 2.65 bits per heavy atom. The zero-order valence-corrected chi connectivity index (χ0v) is 15.4. The van der Waals surface area contributed by atoms with E-state index in [-0.39, 0.29) is 22.6 Å². The number of aromatic nitrogens is 2. The molecule has 0 aliphatic rings. The third-order valence-electron chi connectivity index (χ3n) is 3.44. The number of hydrogen-bond donors (Lipinski definition) is 1. The summed E-state index contributed by atoms with van der Waals surface area (Å²) in [5.74, 6) is -0.178. The predicted octanol–water partition coefficient (Wildman–Crippen LogP) is 3.24. The number of sulfone groups is 1. The van der Waals surface area contributed by atoms with Crippen LogP contribution in [0.2, 0.25) is 0 Å². The number of carbonyl (C=O) groups is 1. The molecule has 134 valence electrons. The van der Waals surface area contributed by atoms with Gasteiger partial charge in [-0.1, -0.05) is 18.1 Å². The highest BCUT2D eigenvalue weighted by Crippen LogP contribution is 2.22. The van der Waals surface area contributed by atoms with Crippen molar-refractivity contribution in [3.8, 4) is 11.5 Å². The van der Waals surface area contributed by atoms with E-state index in [2.05, 4.69) is 15.5 Å². The van der Waals surface area contributed by atoms with Crippen molar-refractivity contribution in [2.45, 2.75) is 11.8 Å². The Labute approximate surface area is 154 Å². The van der Waals surface area contributed by atoms with Gasteiger partial charge in [-0.2, -0.15) is 0 Å². The highest BCUT2D eigenvalue weighted by atomic mass is 32.2. The molecular formula is C17H15N3O4S2. The lowest BCUT2D eigenvalue weighted by molar-refractivity contribution is -0.112. The number of amides is 1. The molecule has 1 N–H and O–H groups in total. The first-order chi connectivity index (χ1) is 12.5. The number of hydrogen-bond acceptors (Lipinski definition) is 7. The molecule has 0 atom stereocenters. The summed E-state index contributed by atoms with van der Waals surface area (Å²) < 4.78 is 29.0. The number of carbonyl (C=O) groups excluding carboxylic acids is 1. The minimum atomic E-state index is -3.26. The van der Waals surface area contributed by atoms with Crippen molar-refractivity contribution in [3.63, 3.8) is 0 Å². The van der Waals surface area contributed by atoms with Gasteiger partial charge < -0.3 is 4.42 Å². The number of benzene rings is 1. The lowest BCUT2D eigenvalue weighted by Gasteiger charge is -2.01. The number of nitrogens with zero attached hydrogens (tertiary/aromatic N) is 2. The maximum absolute atomic E-state index is 11.9. The smallest absolute Gasteiger partial charge is 0.322 e. The first kappa shape index (κ1) is 18.0. The van der Waals surface area contributed by atoms with Crippen LogP contribution in [0.1, 0.15) is 11.8 Å². The SMILES string of the molecule is CCS(=O)(=O)c1ccc(-c2nnc(NC(=O)C=Cc3cccs3)o2)cc1. The second kappa shape index (κ2) is 7.63. The van der Waals surface area contributed by atoms with Gasteiger partial charge in [-0.15, -0.1) is 16.4 Å². The van der Waals surface area contributed by atoms with Gasteiger partial charge in [-0.3, -0.25) is 10.1 Å². The minimum absolute atomic E-state index is 0.0298. The Morgan fingerprint density at radius 1 is 1.23 bits per heavy atom. The molecule has 0 saturated carbocycles. The first-order valence-electron chi connectivity index (χ1n) is 7.67. The van der Waals surface area contributed by atoms with Gasteiger partial charge in [0.05, 0.1) is 10.6 Å². The standard InChI is InChI=1S/C17H15N3O4S2/c1-2-26(22,23)14-8-5-12(6-9-14)16-19-20-17(24-16)18-15(21)10-7-13-4-3-11-25-13/h3-11H,2H2,1H3,(H,18,20,21). The van der Waals surface area contributed by atoms with Crippen molar-refractivity contribution >= 4 is 39.2 Å². The molecule has 7 nitrogen and oxygen atoms in total. The molecule has 0 bridgehead atoms. The molecule has 2 aromatic heterocycles. The average Bonchev–Trinajstić information content (AvgIpc) is 3.32. The molecule has 9 heteroatoms. The van der Waals surface area contributed by atoms with Crippen molar-refractivity contribution < 1.29 is 17.6 Å². The third-order valence-corrected chi connectivity index (χ3v) is 6.03. The Hall–Kier alpha value is -2.78. The molecule has 0 aliphatic heterocycles. The van der Waals surface area contributed by atoms with Crippen LogP contribution in [-0.2, 0) is 14.6 Å². The topological polar surface area (TPSA) is 102 Å². The third kappa shape index (κ3) is 4.24. The zero-order chi connectivity index (χ0) is 18.6. The summed E-state index contributed by atoms with van der Waals surface area (Å²) in [6.45, 7) is 1.59. The summed E-state index contributed by atoms with van der Waals surface area (Å²) in [7, 11) is -3.26. The molecule has 0 unspecified atom stereocenters. The van der Waals surface area contributed by atoms with Gasteiger partial charge in [-0.25, -0.2) is 8.42 Å². The van der Waals surface area contributed by atoms with Crippen molar-refractivity contribution in [1.29, 1.82) is 0 Å². The lowest BCUT2D eigenvalue weighted by Crippen LogP contribution is -2.07. The van der Waals surface area contributed by atoms with Crippen molar-refractivity contribution in [2.75, 3.05) is 11.1 Å². The van der Waals surface area contributed by atoms with Gasteiger partial charge in [0, 0.05) is 16.5 Å². The summed E-state index contributed by atoms with van der Waals surface area (Å²) in [6, 6.07) is 9.88. The fraction of sp³-hybridized carbons (Fsp3) is 0.118. The van der Waals surface area contributed by atoms with Crippen LogP contribution in [0.25, 0.3) is 17.5 Å². The number of thiophene rings is 1. The van der Waals surface area contributed by atoms with E-state index in [1.165, 1.54) is 29.5 Å². The fourth-order valence-electron chi connectivity index (χ4n) is 2.05. The van der Waals surface area contributed by atoms with E-state index in [1.807, 2.05) is 17.5 Å². The van der Waals surface area contributed by atoms with Gasteiger partial charge >= 0.3 is 6.01 Å². The summed E-state index contributed by atoms with van der Waals surface area (Å²) in [5.41, 5.74) is 0.558. The lowest BCUT2D eigenvalue weighted by atomic mass is 10.2. The highest BCUT2D eigenvalue weighted by Gasteiger charge is 2.14. The van der Waals surface area contributed by atoms with Crippen LogP contribution in [0.5, 0.6) is 0 Å². The molecule has 26 heavy (non-hydrogen) atoms. The minimum Gasteiger partial charge on any atom is -0.403 e. The van der Waals surface area contributed by atoms with E-state index in [4.69, 9.17) is 4.42 Å². The average molecular weight is 389 g/mol. The van der Waals surface area contributed by atoms with E-state index >= 15 is 0 Å². The molecule has 2 heterocycles. The normalized spacial score (nSPS) is 11.7. The van der Waals surface area contributed by atoms with Crippen LogP contribution in [0, 0.1) is 0 Å². The van der Waals surface area contributed by atoms with E-state index in [1.54, 1.807) is 25.1 Å². The first-order valence-corrected chi connectivity index (χ1v) is 10.2. The zero-order valence-electron chi connectivity index (χ0n) is 13.7. The van der Waals surface area contributed by atoms with E-state index in [9.17, 15) is 13.2 Å². The van der Waals surface area contributed by atoms with Gasteiger partial charge in [0.1, 0.15) is 0 Å². The quantitative estimate of drug-likeness (QED) is 0.649. The molecule has 3 aromatic rings. The fourth-order valence-corrected chi connectivity index (χ4v) is 3.55. The van der Waals surface area contributed by atoms with E-state index in [0.717, 1.165) is 4.88 Å². The summed E-state index contributed by atoms with van der Waals surface area (Å²) in [5, 5.41) is 12.0. The predicted molar refractivity (Wildman–Crippen MR) is 99.4 cm³/mol. The Bertz CT molecular complexity index is 1020. The number of anilines is 1. The van der Waals surface area contributed by atoms with Crippen LogP contribution in [0.3, 0.4) is 0 Å². The highest BCUT2D eigenvalue weighted by molar-refractivity contribution is 7.91. The monoisotopic (exact) mass is 389 g/mol. The van der Waals surface area contributed by atoms with Crippen molar-refractivity contribution in [3.05, 3.63) is 52.7 Å². The molecule has 3 rings (SSSR count). The molecule has 0 saturated heterocycles. The number of rotatable bonds is 6. The maximum Gasteiger partial charge on any atom is 0.322 e. The second-order valence-corrected chi connectivity index (χ2v) is 8.44. The second-order valence-electron chi connectivity index (χ2n) is 5.18. The van der Waals surface area contributed by atoms with Crippen LogP contribution in [0.15, 0.2) is 57.2 Å². The van der Waals surface area contributed by atoms with Crippen molar-refractivity contribution in [2.24, 2.45) is 0 Å². The largest absolute Gasteiger partial charge is 0.403 e. The van der Waals surface area contributed by atoms with Crippen molar-refractivity contribution in [1.82, 2.24) is 10.2 Å². The van der Waals surface area contributed by atoms with Gasteiger partial charge in [0.15, 0.2) is 9.84 Å². The maximum atomic E-state index is 11.9. The summed E-state index contributed by atoms with van der Waals surface area (Å²) >= 11 is 1.52. The van der Waals surface area contributed by atoms with Gasteiger partial charge in [0.2, 0.25) is 5.89 Å². The van der Waals surface area contributed by atoms with Crippen LogP contribution >= 0.6 is 11.3 Å².